The Morgan fingerprint density at radius 1 is 1.59 bits per heavy atom. The number of aliphatic carboxylic acids is 1. The van der Waals surface area contributed by atoms with Crippen molar-refractivity contribution < 1.29 is 14.7 Å². The Hall–Kier alpha value is -1.00. The minimum atomic E-state index is -0.975. The quantitative estimate of drug-likeness (QED) is 0.788. The van der Waals surface area contributed by atoms with Crippen molar-refractivity contribution in [1.82, 2.24) is 0 Å². The van der Waals surface area contributed by atoms with Gasteiger partial charge in [-0.15, -0.1) is 11.6 Å². The summed E-state index contributed by atoms with van der Waals surface area (Å²) in [6.07, 6.45) is 4.69. The first kappa shape index (κ1) is 12.5. The van der Waals surface area contributed by atoms with Crippen molar-refractivity contribution in [3.05, 3.63) is 23.3 Å². The predicted molar refractivity (Wildman–Crippen MR) is 65.3 cm³/mol. The zero-order valence-corrected chi connectivity index (χ0v) is 10.5. The standard InChI is InChI=1S/C11H11Cl2NO3/c1-5-8(11(15)16)10(14-17-5)9-6(12)3-2-4-7(9)13/h2-6,8-9H,1H3,(H,15,16). The first-order valence-corrected chi connectivity index (χ1v) is 5.98. The van der Waals surface area contributed by atoms with Crippen LogP contribution >= 0.6 is 23.2 Å². The molecule has 1 aliphatic carbocycles. The van der Waals surface area contributed by atoms with E-state index in [2.05, 4.69) is 5.16 Å². The van der Waals surface area contributed by atoms with Crippen molar-refractivity contribution >= 4 is 34.9 Å². The van der Waals surface area contributed by atoms with Gasteiger partial charge in [-0.05, 0) is 13.0 Å². The molecule has 0 bridgehead atoms. The van der Waals surface area contributed by atoms with Gasteiger partial charge in [-0.25, -0.2) is 0 Å². The lowest BCUT2D eigenvalue weighted by molar-refractivity contribution is -0.142. The number of carbonyl (C=O) groups is 1. The topological polar surface area (TPSA) is 58.9 Å². The number of hydrogen-bond donors (Lipinski definition) is 1. The van der Waals surface area contributed by atoms with E-state index in [1.807, 2.05) is 0 Å². The van der Waals surface area contributed by atoms with Crippen LogP contribution in [0.4, 0.5) is 0 Å². The second-order valence-corrected chi connectivity index (χ2v) is 4.94. The number of carboxylic acids is 1. The Labute approximate surface area is 109 Å². The van der Waals surface area contributed by atoms with Crippen molar-refractivity contribution in [3.63, 3.8) is 0 Å². The van der Waals surface area contributed by atoms with Crippen molar-refractivity contribution in [2.24, 2.45) is 17.0 Å². The number of nitrogens with zero attached hydrogens (tertiary/aromatic N) is 1. The molecule has 0 spiro atoms. The lowest BCUT2D eigenvalue weighted by Gasteiger charge is -2.23. The molecule has 0 saturated heterocycles. The van der Waals surface area contributed by atoms with E-state index in [0.717, 1.165) is 0 Å². The maximum atomic E-state index is 11.2. The number of rotatable bonds is 2. The van der Waals surface area contributed by atoms with Crippen molar-refractivity contribution in [3.8, 4) is 0 Å². The smallest absolute Gasteiger partial charge is 0.316 e. The van der Waals surface area contributed by atoms with Gasteiger partial charge in [-0.2, -0.15) is 0 Å². The van der Waals surface area contributed by atoms with Gasteiger partial charge in [-0.1, -0.05) is 28.9 Å². The summed E-state index contributed by atoms with van der Waals surface area (Å²) >= 11 is 12.2. The summed E-state index contributed by atoms with van der Waals surface area (Å²) in [5.74, 6) is -2.19. The molecule has 0 radical (unpaired) electrons. The van der Waals surface area contributed by atoms with Gasteiger partial charge in [-0.3, -0.25) is 4.79 Å². The minimum absolute atomic E-state index is 0.385. The summed E-state index contributed by atoms with van der Waals surface area (Å²) in [5, 5.41) is 13.1. The molecule has 17 heavy (non-hydrogen) atoms. The molecule has 0 fully saturated rings. The Balaban J connectivity index is 2.31. The molecule has 4 atom stereocenters. The largest absolute Gasteiger partial charge is 0.481 e. The van der Waals surface area contributed by atoms with E-state index in [-0.39, 0.29) is 0 Å². The number of alkyl halides is 1. The molecule has 0 aromatic heterocycles. The predicted octanol–water partition coefficient (Wildman–Crippen LogP) is 2.38. The highest BCUT2D eigenvalue weighted by atomic mass is 35.5. The maximum absolute atomic E-state index is 11.2. The van der Waals surface area contributed by atoms with Gasteiger partial charge in [0.2, 0.25) is 0 Å². The van der Waals surface area contributed by atoms with Gasteiger partial charge in [0.1, 0.15) is 12.0 Å². The van der Waals surface area contributed by atoms with Crippen LogP contribution in [0.15, 0.2) is 28.4 Å². The molecule has 4 nitrogen and oxygen atoms in total. The highest BCUT2D eigenvalue weighted by Gasteiger charge is 2.44. The van der Waals surface area contributed by atoms with Crippen LogP contribution in [0.3, 0.4) is 0 Å². The van der Waals surface area contributed by atoms with Crippen LogP contribution in [0.2, 0.25) is 0 Å². The third-order valence-electron chi connectivity index (χ3n) is 2.86. The monoisotopic (exact) mass is 275 g/mol. The van der Waals surface area contributed by atoms with Crippen LogP contribution in [0.25, 0.3) is 0 Å². The molecule has 0 aromatic carbocycles. The summed E-state index contributed by atoms with van der Waals surface area (Å²) in [6.45, 7) is 1.66. The first-order chi connectivity index (χ1) is 8.02. The Morgan fingerprint density at radius 3 is 2.88 bits per heavy atom. The fourth-order valence-electron chi connectivity index (χ4n) is 2.00. The molecule has 4 unspecified atom stereocenters. The Kier molecular flexibility index (Phi) is 3.45. The van der Waals surface area contributed by atoms with Crippen LogP contribution in [-0.2, 0) is 9.63 Å². The summed E-state index contributed by atoms with van der Waals surface area (Å²) in [5.41, 5.74) is 0.385. The number of allylic oxidation sites excluding steroid dienone is 4. The zero-order valence-electron chi connectivity index (χ0n) is 9.01. The summed E-state index contributed by atoms with van der Waals surface area (Å²) in [4.78, 5) is 16.2. The van der Waals surface area contributed by atoms with Gasteiger partial charge in [0.15, 0.2) is 0 Å². The van der Waals surface area contributed by atoms with Crippen LogP contribution in [0.5, 0.6) is 0 Å². The summed E-state index contributed by atoms with van der Waals surface area (Å²) in [7, 11) is 0. The third kappa shape index (κ3) is 2.19. The van der Waals surface area contributed by atoms with Crippen LogP contribution in [0.1, 0.15) is 6.92 Å². The molecule has 0 aromatic rings. The van der Waals surface area contributed by atoms with Crippen LogP contribution < -0.4 is 0 Å². The van der Waals surface area contributed by atoms with Crippen LogP contribution in [-0.4, -0.2) is 28.3 Å². The second kappa shape index (κ2) is 4.70. The van der Waals surface area contributed by atoms with E-state index in [0.29, 0.717) is 10.7 Å². The van der Waals surface area contributed by atoms with Gasteiger partial charge in [0.25, 0.3) is 0 Å². The van der Waals surface area contributed by atoms with Crippen LogP contribution in [0, 0.1) is 11.8 Å². The Morgan fingerprint density at radius 2 is 2.29 bits per heavy atom. The number of halogens is 2. The van der Waals surface area contributed by atoms with Gasteiger partial charge < -0.3 is 9.94 Å². The van der Waals surface area contributed by atoms with Crippen molar-refractivity contribution in [2.45, 2.75) is 18.4 Å². The fraction of sp³-hybridized carbons (Fsp3) is 0.455. The Bertz CT molecular complexity index is 430. The highest BCUT2D eigenvalue weighted by molar-refractivity contribution is 6.35. The molecular formula is C11H11Cl2NO3. The van der Waals surface area contributed by atoms with E-state index in [4.69, 9.17) is 28.0 Å². The van der Waals surface area contributed by atoms with E-state index < -0.39 is 29.3 Å². The lowest BCUT2D eigenvalue weighted by atomic mass is 9.85. The average molecular weight is 276 g/mol. The lowest BCUT2D eigenvalue weighted by Crippen LogP contribution is -2.37. The molecule has 1 heterocycles. The number of oxime groups is 1. The number of hydrogen-bond acceptors (Lipinski definition) is 3. The molecule has 1 aliphatic heterocycles. The molecule has 0 saturated carbocycles. The highest BCUT2D eigenvalue weighted by Crippen LogP contribution is 2.35. The maximum Gasteiger partial charge on any atom is 0.316 e. The van der Waals surface area contributed by atoms with E-state index >= 15 is 0 Å². The SMILES string of the molecule is CC1ON=C(C2C(Cl)=CC=CC2Cl)C1C(=O)O. The van der Waals surface area contributed by atoms with E-state index in [1.54, 1.807) is 25.2 Å². The summed E-state index contributed by atoms with van der Waals surface area (Å²) < 4.78 is 0. The zero-order chi connectivity index (χ0) is 12.6. The average Bonchev–Trinajstić information content (AvgIpc) is 2.60. The molecule has 92 valence electrons. The van der Waals surface area contributed by atoms with Crippen molar-refractivity contribution in [1.29, 1.82) is 0 Å². The molecule has 2 aliphatic rings. The number of carboxylic acid groups (broad SMARTS) is 1. The second-order valence-electron chi connectivity index (χ2n) is 4.00. The van der Waals surface area contributed by atoms with Gasteiger partial charge in [0.05, 0.1) is 17.0 Å². The van der Waals surface area contributed by atoms with E-state index in [1.165, 1.54) is 0 Å². The van der Waals surface area contributed by atoms with Gasteiger partial charge in [0, 0.05) is 5.03 Å². The molecule has 1 N–H and O–H groups in total. The van der Waals surface area contributed by atoms with Gasteiger partial charge >= 0.3 is 5.97 Å². The molecular weight excluding hydrogens is 265 g/mol. The first-order valence-electron chi connectivity index (χ1n) is 5.16. The minimum Gasteiger partial charge on any atom is -0.481 e. The molecule has 2 rings (SSSR count). The fourth-order valence-corrected chi connectivity index (χ4v) is 2.74. The molecule has 0 amide bonds. The normalized spacial score (nSPS) is 36.2. The van der Waals surface area contributed by atoms with Crippen molar-refractivity contribution in [2.75, 3.05) is 0 Å². The third-order valence-corrected chi connectivity index (χ3v) is 3.62. The summed E-state index contributed by atoms with van der Waals surface area (Å²) in [6, 6.07) is 0. The molecule has 6 heteroatoms. The van der Waals surface area contributed by atoms with E-state index in [9.17, 15) is 9.90 Å².